The van der Waals surface area contributed by atoms with Crippen LogP contribution < -0.4 is 0 Å². The van der Waals surface area contributed by atoms with Crippen molar-refractivity contribution in [1.82, 2.24) is 15.4 Å². The minimum Gasteiger partial charge on any atom is -0.461 e. The number of rotatable bonds is 3. The lowest BCUT2D eigenvalue weighted by atomic mass is 9.79. The van der Waals surface area contributed by atoms with Gasteiger partial charge in [0.05, 0.1) is 6.61 Å². The number of hydrogen-bond acceptors (Lipinski definition) is 4. The number of hydrogen-bond donors (Lipinski definition) is 1. The molecule has 0 radical (unpaired) electrons. The first-order valence-electron chi connectivity index (χ1n) is 6.14. The normalized spacial score (nSPS) is 22.6. The average molecular weight is 237 g/mol. The molecule has 0 saturated heterocycles. The van der Waals surface area contributed by atoms with Crippen LogP contribution in [0.3, 0.4) is 0 Å². The summed E-state index contributed by atoms with van der Waals surface area (Å²) in [7, 11) is 0. The van der Waals surface area contributed by atoms with Crippen molar-refractivity contribution in [1.29, 1.82) is 0 Å². The predicted octanol–water partition coefficient (Wildman–Crippen LogP) is 2.28. The monoisotopic (exact) mass is 237 g/mol. The molecule has 5 heteroatoms. The summed E-state index contributed by atoms with van der Waals surface area (Å²) in [6.45, 7) is 6.58. The van der Waals surface area contributed by atoms with E-state index in [-0.39, 0.29) is 11.4 Å². The summed E-state index contributed by atoms with van der Waals surface area (Å²) in [5.74, 6) is -0.0837. The van der Waals surface area contributed by atoms with Crippen LogP contribution in [0.2, 0.25) is 0 Å². The minimum atomic E-state index is -0.376. The lowest BCUT2D eigenvalue weighted by Gasteiger charge is -2.25. The molecule has 1 saturated carbocycles. The molecule has 0 amide bonds. The van der Waals surface area contributed by atoms with Crippen molar-refractivity contribution in [3.05, 3.63) is 11.4 Å². The first-order chi connectivity index (χ1) is 8.06. The lowest BCUT2D eigenvalue weighted by molar-refractivity contribution is 0.0516. The van der Waals surface area contributed by atoms with E-state index in [1.54, 1.807) is 6.92 Å². The van der Waals surface area contributed by atoms with Crippen molar-refractivity contribution in [2.45, 2.75) is 46.0 Å². The highest BCUT2D eigenvalue weighted by Gasteiger charge is 2.39. The highest BCUT2D eigenvalue weighted by Crippen LogP contribution is 2.48. The summed E-state index contributed by atoms with van der Waals surface area (Å²) in [5, 5.41) is 10.6. The van der Waals surface area contributed by atoms with Gasteiger partial charge in [-0.3, -0.25) is 0 Å². The molecule has 1 heterocycles. The molecule has 1 N–H and O–H groups in total. The van der Waals surface area contributed by atoms with Gasteiger partial charge in [-0.05, 0) is 25.2 Å². The molecule has 0 aromatic carbocycles. The van der Waals surface area contributed by atoms with Crippen LogP contribution in [-0.4, -0.2) is 28.0 Å². The molecule has 0 aliphatic heterocycles. The molecular formula is C12H19N3O2. The third-order valence-corrected chi connectivity index (χ3v) is 3.63. The Morgan fingerprint density at radius 3 is 2.88 bits per heavy atom. The minimum absolute atomic E-state index is 0.179. The first kappa shape index (κ1) is 12.1. The van der Waals surface area contributed by atoms with Crippen LogP contribution in [0.25, 0.3) is 0 Å². The Kier molecular flexibility index (Phi) is 3.17. The highest BCUT2D eigenvalue weighted by atomic mass is 16.5. The Balaban J connectivity index is 2.28. The molecule has 1 aliphatic rings. The van der Waals surface area contributed by atoms with Crippen molar-refractivity contribution in [3.63, 3.8) is 0 Å². The maximum atomic E-state index is 11.7. The van der Waals surface area contributed by atoms with Crippen LogP contribution in [0.5, 0.6) is 0 Å². The van der Waals surface area contributed by atoms with Gasteiger partial charge in [0.2, 0.25) is 0 Å². The molecule has 1 unspecified atom stereocenters. The summed E-state index contributed by atoms with van der Waals surface area (Å²) in [6, 6.07) is 0. The van der Waals surface area contributed by atoms with E-state index >= 15 is 0 Å². The van der Waals surface area contributed by atoms with Crippen LogP contribution in [0.1, 0.15) is 62.1 Å². The smallest absolute Gasteiger partial charge is 0.360 e. The number of nitrogens with one attached hydrogen (secondary N) is 1. The molecule has 1 aromatic heterocycles. The van der Waals surface area contributed by atoms with Gasteiger partial charge >= 0.3 is 5.97 Å². The van der Waals surface area contributed by atoms with E-state index in [1.165, 1.54) is 6.42 Å². The fourth-order valence-electron chi connectivity index (χ4n) is 2.67. The van der Waals surface area contributed by atoms with Gasteiger partial charge in [0.15, 0.2) is 5.69 Å². The number of aromatic amines is 1. The van der Waals surface area contributed by atoms with Crippen LogP contribution in [0.15, 0.2) is 0 Å². The molecule has 0 bridgehead atoms. The summed E-state index contributed by atoms with van der Waals surface area (Å²) in [5.41, 5.74) is 1.30. The SMILES string of the molecule is CCOC(=O)c1n[nH]nc1C1CCCC1(C)C. The van der Waals surface area contributed by atoms with E-state index in [1.807, 2.05) is 0 Å². The fourth-order valence-corrected chi connectivity index (χ4v) is 2.67. The third-order valence-electron chi connectivity index (χ3n) is 3.63. The molecule has 1 atom stereocenters. The zero-order valence-corrected chi connectivity index (χ0v) is 10.6. The van der Waals surface area contributed by atoms with Gasteiger partial charge in [0.1, 0.15) is 5.69 Å². The summed E-state index contributed by atoms with van der Waals surface area (Å²) in [6.07, 6.45) is 3.39. The van der Waals surface area contributed by atoms with E-state index in [0.29, 0.717) is 18.2 Å². The van der Waals surface area contributed by atoms with Gasteiger partial charge in [-0.25, -0.2) is 4.79 Å². The molecule has 1 fully saturated rings. The maximum Gasteiger partial charge on any atom is 0.360 e. The standard InChI is InChI=1S/C12H19N3O2/c1-4-17-11(16)10-9(13-15-14-10)8-6-5-7-12(8,2)3/h8H,4-7H2,1-3H3,(H,13,14,15). The number of nitrogens with zero attached hydrogens (tertiary/aromatic N) is 2. The molecule has 1 aliphatic carbocycles. The molecule has 17 heavy (non-hydrogen) atoms. The van der Waals surface area contributed by atoms with Gasteiger partial charge in [0, 0.05) is 5.92 Å². The third kappa shape index (κ3) is 2.18. The van der Waals surface area contributed by atoms with Crippen molar-refractivity contribution >= 4 is 5.97 Å². The largest absolute Gasteiger partial charge is 0.461 e. The summed E-state index contributed by atoms with van der Waals surface area (Å²) < 4.78 is 4.99. The van der Waals surface area contributed by atoms with Gasteiger partial charge in [-0.15, -0.1) is 5.10 Å². The molecule has 94 valence electrons. The Morgan fingerprint density at radius 2 is 2.29 bits per heavy atom. The Labute approximate surface area is 101 Å². The van der Waals surface area contributed by atoms with Crippen molar-refractivity contribution in [2.75, 3.05) is 6.61 Å². The van der Waals surface area contributed by atoms with Crippen molar-refractivity contribution in [3.8, 4) is 0 Å². The summed E-state index contributed by atoms with van der Waals surface area (Å²) >= 11 is 0. The molecule has 5 nitrogen and oxygen atoms in total. The number of carbonyl (C=O) groups excluding carboxylic acids is 1. The van der Waals surface area contributed by atoms with E-state index in [4.69, 9.17) is 4.74 Å². The zero-order valence-electron chi connectivity index (χ0n) is 10.6. The van der Waals surface area contributed by atoms with Crippen LogP contribution >= 0.6 is 0 Å². The predicted molar refractivity (Wildman–Crippen MR) is 62.7 cm³/mol. The number of esters is 1. The lowest BCUT2D eigenvalue weighted by Crippen LogP contribution is -2.19. The van der Waals surface area contributed by atoms with E-state index < -0.39 is 0 Å². The van der Waals surface area contributed by atoms with Gasteiger partial charge in [-0.1, -0.05) is 20.3 Å². The fraction of sp³-hybridized carbons (Fsp3) is 0.750. The van der Waals surface area contributed by atoms with Gasteiger partial charge in [0.25, 0.3) is 0 Å². The Bertz CT molecular complexity index is 412. The zero-order chi connectivity index (χ0) is 12.5. The topological polar surface area (TPSA) is 67.9 Å². The van der Waals surface area contributed by atoms with Crippen LogP contribution in [0, 0.1) is 5.41 Å². The van der Waals surface area contributed by atoms with Crippen LogP contribution in [-0.2, 0) is 4.74 Å². The molecule has 2 rings (SSSR count). The van der Waals surface area contributed by atoms with Crippen molar-refractivity contribution < 1.29 is 9.53 Å². The number of carbonyl (C=O) groups is 1. The van der Waals surface area contributed by atoms with E-state index in [9.17, 15) is 4.79 Å². The van der Waals surface area contributed by atoms with E-state index in [2.05, 4.69) is 29.3 Å². The molecule has 0 spiro atoms. The average Bonchev–Trinajstić information content (AvgIpc) is 2.83. The Hall–Kier alpha value is -1.39. The maximum absolute atomic E-state index is 11.7. The van der Waals surface area contributed by atoms with E-state index in [0.717, 1.165) is 18.5 Å². The molecule has 1 aromatic rings. The summed E-state index contributed by atoms with van der Waals surface area (Å²) in [4.78, 5) is 11.7. The second-order valence-electron chi connectivity index (χ2n) is 5.21. The highest BCUT2D eigenvalue weighted by molar-refractivity contribution is 5.88. The Morgan fingerprint density at radius 1 is 1.53 bits per heavy atom. The second-order valence-corrected chi connectivity index (χ2v) is 5.21. The van der Waals surface area contributed by atoms with Crippen LogP contribution in [0.4, 0.5) is 0 Å². The first-order valence-corrected chi connectivity index (χ1v) is 6.14. The number of aromatic nitrogens is 3. The van der Waals surface area contributed by atoms with Gasteiger partial charge in [-0.2, -0.15) is 10.3 Å². The second kappa shape index (κ2) is 4.47. The van der Waals surface area contributed by atoms with Gasteiger partial charge < -0.3 is 4.74 Å². The van der Waals surface area contributed by atoms with Crippen molar-refractivity contribution in [2.24, 2.45) is 5.41 Å². The number of H-pyrrole nitrogens is 1. The molecular weight excluding hydrogens is 218 g/mol. The quantitative estimate of drug-likeness (QED) is 0.819. The number of ether oxygens (including phenoxy) is 1.